The molecule has 0 fully saturated rings. The summed E-state index contributed by atoms with van der Waals surface area (Å²) in [5, 5.41) is 10.9. The molecule has 0 unspecified atom stereocenters. The lowest BCUT2D eigenvalue weighted by Gasteiger charge is -2.15. The maximum Gasteiger partial charge on any atom is 0.338 e. The van der Waals surface area contributed by atoms with Gasteiger partial charge in [0.25, 0.3) is 5.91 Å². The number of carboxylic acids is 1. The summed E-state index contributed by atoms with van der Waals surface area (Å²) in [4.78, 5) is 24.2. The molecule has 0 aromatic heterocycles. The zero-order chi connectivity index (χ0) is 18.9. The zero-order valence-corrected chi connectivity index (χ0v) is 16.1. The minimum absolute atomic E-state index is 0.203. The number of carbonyl (C=O) groups is 2. The molecule has 0 aliphatic carbocycles. The van der Waals surface area contributed by atoms with Gasteiger partial charge in [-0.1, -0.05) is 58.0 Å². The van der Waals surface area contributed by atoms with Crippen molar-refractivity contribution < 1.29 is 19.4 Å². The molecule has 0 radical (unpaired) electrons. The van der Waals surface area contributed by atoms with Crippen molar-refractivity contribution in [2.45, 2.75) is 0 Å². The number of anilines is 1. The quantitative estimate of drug-likeness (QED) is 0.455. The summed E-state index contributed by atoms with van der Waals surface area (Å²) in [7, 11) is 1.39. The molecule has 132 valence electrons. The van der Waals surface area contributed by atoms with Crippen LogP contribution in [0.2, 0.25) is 25.1 Å². The van der Waals surface area contributed by atoms with Gasteiger partial charge in [-0.25, -0.2) is 4.79 Å². The van der Waals surface area contributed by atoms with E-state index in [9.17, 15) is 14.7 Å². The number of aromatic carboxylic acids is 1. The van der Waals surface area contributed by atoms with Crippen molar-refractivity contribution in [3.8, 4) is 5.75 Å². The fraction of sp³-hybridized carbons (Fsp3) is 0.0667. The van der Waals surface area contributed by atoms with E-state index in [-0.39, 0.29) is 20.8 Å². The summed E-state index contributed by atoms with van der Waals surface area (Å²) in [5.74, 6) is -2.06. The van der Waals surface area contributed by atoms with Crippen LogP contribution in [0.4, 0.5) is 5.69 Å². The van der Waals surface area contributed by atoms with Gasteiger partial charge >= 0.3 is 5.97 Å². The second-order valence-corrected chi connectivity index (χ2v) is 6.56. The predicted molar refractivity (Wildman–Crippen MR) is 99.4 cm³/mol. The number of rotatable bonds is 4. The fourth-order valence-corrected chi connectivity index (χ4v) is 3.20. The number of hydrogen-bond donors (Lipinski definition) is 2. The molecule has 2 N–H and O–H groups in total. The van der Waals surface area contributed by atoms with Crippen LogP contribution in [0.3, 0.4) is 0 Å². The normalized spacial score (nSPS) is 10.5. The summed E-state index contributed by atoms with van der Waals surface area (Å²) in [6, 6.07) is 4.51. The average molecular weight is 443 g/mol. The molecule has 5 nitrogen and oxygen atoms in total. The van der Waals surface area contributed by atoms with Gasteiger partial charge in [-0.15, -0.1) is 0 Å². The van der Waals surface area contributed by atoms with Crippen molar-refractivity contribution in [1.29, 1.82) is 0 Å². The largest absolute Gasteiger partial charge is 0.495 e. The van der Waals surface area contributed by atoms with Crippen molar-refractivity contribution in [2.75, 3.05) is 12.4 Å². The van der Waals surface area contributed by atoms with E-state index in [1.165, 1.54) is 19.2 Å². The van der Waals surface area contributed by atoms with Crippen LogP contribution in [0, 0.1) is 0 Å². The topological polar surface area (TPSA) is 75.6 Å². The van der Waals surface area contributed by atoms with E-state index in [1.54, 1.807) is 6.07 Å². The van der Waals surface area contributed by atoms with Crippen LogP contribution in [-0.4, -0.2) is 24.1 Å². The van der Waals surface area contributed by atoms with Crippen molar-refractivity contribution >= 4 is 75.6 Å². The summed E-state index contributed by atoms with van der Waals surface area (Å²) in [6.45, 7) is 0. The Morgan fingerprint density at radius 1 is 0.960 bits per heavy atom. The molecule has 0 bridgehead atoms. The highest BCUT2D eigenvalue weighted by Gasteiger charge is 2.29. The molecule has 0 atom stereocenters. The molecule has 0 saturated carbocycles. The Morgan fingerprint density at radius 2 is 1.52 bits per heavy atom. The van der Waals surface area contributed by atoms with Crippen molar-refractivity contribution in [2.24, 2.45) is 0 Å². The number of carbonyl (C=O) groups excluding carboxylic acids is 1. The maximum absolute atomic E-state index is 12.6. The summed E-state index contributed by atoms with van der Waals surface area (Å²) < 4.78 is 5.12. The Morgan fingerprint density at radius 3 is 2.04 bits per heavy atom. The monoisotopic (exact) mass is 441 g/mol. The minimum atomic E-state index is -1.49. The molecular formula is C15H8Cl5NO4. The van der Waals surface area contributed by atoms with Crippen LogP contribution >= 0.6 is 58.0 Å². The predicted octanol–water partition coefficient (Wildman–Crippen LogP) is 5.91. The van der Waals surface area contributed by atoms with Crippen LogP contribution in [-0.2, 0) is 0 Å². The van der Waals surface area contributed by atoms with Crippen LogP contribution < -0.4 is 10.1 Å². The maximum atomic E-state index is 12.6. The third kappa shape index (κ3) is 3.91. The molecular weight excluding hydrogens is 435 g/mol. The molecule has 0 saturated heterocycles. The smallest absolute Gasteiger partial charge is 0.338 e. The Balaban J connectivity index is 2.61. The molecule has 2 aromatic carbocycles. The molecule has 2 rings (SSSR count). The fourth-order valence-electron chi connectivity index (χ4n) is 2.01. The van der Waals surface area contributed by atoms with Crippen LogP contribution in [0.15, 0.2) is 18.2 Å². The van der Waals surface area contributed by atoms with Gasteiger partial charge in [-0.3, -0.25) is 4.79 Å². The Hall–Kier alpha value is -1.37. The van der Waals surface area contributed by atoms with Crippen molar-refractivity contribution in [1.82, 2.24) is 0 Å². The summed E-state index contributed by atoms with van der Waals surface area (Å²) in [5.41, 5.74) is -0.801. The van der Waals surface area contributed by atoms with Crippen LogP contribution in [0.5, 0.6) is 5.75 Å². The third-order valence-corrected chi connectivity index (χ3v) is 5.15. The molecule has 10 heteroatoms. The second-order valence-electron chi connectivity index (χ2n) is 4.61. The molecule has 0 aliphatic rings. The molecule has 0 spiro atoms. The lowest BCUT2D eigenvalue weighted by Crippen LogP contribution is -2.18. The van der Waals surface area contributed by atoms with E-state index in [2.05, 4.69) is 5.32 Å². The van der Waals surface area contributed by atoms with E-state index in [4.69, 9.17) is 62.7 Å². The second kappa shape index (κ2) is 7.89. The lowest BCUT2D eigenvalue weighted by atomic mass is 10.1. The number of benzene rings is 2. The number of hydrogen-bond acceptors (Lipinski definition) is 3. The molecule has 0 heterocycles. The molecule has 2 aromatic rings. The van der Waals surface area contributed by atoms with E-state index >= 15 is 0 Å². The van der Waals surface area contributed by atoms with Gasteiger partial charge in [-0.05, 0) is 18.2 Å². The van der Waals surface area contributed by atoms with Gasteiger partial charge in [0.1, 0.15) is 5.75 Å². The number of halogens is 5. The van der Waals surface area contributed by atoms with Gasteiger partial charge in [0.15, 0.2) is 0 Å². The Labute approximate surface area is 167 Å². The van der Waals surface area contributed by atoms with Crippen LogP contribution in [0.1, 0.15) is 20.7 Å². The van der Waals surface area contributed by atoms with Gasteiger partial charge in [-0.2, -0.15) is 0 Å². The first-order chi connectivity index (χ1) is 11.7. The van der Waals surface area contributed by atoms with Crippen LogP contribution in [0.25, 0.3) is 0 Å². The van der Waals surface area contributed by atoms with Crippen molar-refractivity contribution in [3.63, 3.8) is 0 Å². The van der Waals surface area contributed by atoms with E-state index in [0.29, 0.717) is 10.8 Å². The SMILES string of the molecule is COc1ccc(Cl)cc1NC(=O)c1c(Cl)c(Cl)c(Cl)c(Cl)c1C(=O)O. The van der Waals surface area contributed by atoms with E-state index in [0.717, 1.165) is 0 Å². The Bertz CT molecular complexity index is 885. The van der Waals surface area contributed by atoms with E-state index < -0.39 is 28.0 Å². The van der Waals surface area contributed by atoms with E-state index in [1.807, 2.05) is 0 Å². The number of ether oxygens (including phenoxy) is 1. The molecule has 1 amide bonds. The zero-order valence-electron chi connectivity index (χ0n) is 12.3. The number of carboxylic acid groups (broad SMARTS) is 1. The highest BCUT2D eigenvalue weighted by atomic mass is 35.5. The van der Waals surface area contributed by atoms with Crippen molar-refractivity contribution in [3.05, 3.63) is 54.4 Å². The number of amides is 1. The third-order valence-electron chi connectivity index (χ3n) is 3.12. The van der Waals surface area contributed by atoms with Gasteiger partial charge in [0.05, 0.1) is 44.0 Å². The van der Waals surface area contributed by atoms with Gasteiger partial charge in [0.2, 0.25) is 0 Å². The number of nitrogens with one attached hydrogen (secondary N) is 1. The molecule has 25 heavy (non-hydrogen) atoms. The number of methoxy groups -OCH3 is 1. The first-order valence-corrected chi connectivity index (χ1v) is 8.32. The Kier molecular flexibility index (Phi) is 6.30. The molecule has 0 aliphatic heterocycles. The summed E-state index contributed by atoms with van der Waals surface area (Å²) in [6.07, 6.45) is 0. The highest BCUT2D eigenvalue weighted by molar-refractivity contribution is 6.54. The first-order valence-electron chi connectivity index (χ1n) is 6.43. The van der Waals surface area contributed by atoms with Gasteiger partial charge < -0.3 is 15.2 Å². The standard InChI is InChI=1S/C15H8Cl5NO4/c1-25-7-3-2-5(16)4-6(7)21-14(22)8-9(15(23)24)11(18)13(20)12(19)10(8)17/h2-4H,1H3,(H,21,22)(H,23,24). The average Bonchev–Trinajstić information content (AvgIpc) is 2.55. The minimum Gasteiger partial charge on any atom is -0.495 e. The lowest BCUT2D eigenvalue weighted by molar-refractivity contribution is 0.0692. The summed E-state index contributed by atoms with van der Waals surface area (Å²) >= 11 is 29.6. The first kappa shape index (κ1) is 19.9. The van der Waals surface area contributed by atoms with Gasteiger partial charge in [0, 0.05) is 5.02 Å². The highest BCUT2D eigenvalue weighted by Crippen LogP contribution is 2.42.